The average molecular weight is 184 g/mol. The number of pyridine rings is 1. The standard InChI is InChI=1S/C12H10NO/c1-10-5-2-3-7-12(10)14-11-6-4-8-13-9-11/h2-6,8-9H,1H3. The molecule has 14 heavy (non-hydrogen) atoms. The minimum atomic E-state index is 0.734. The lowest BCUT2D eigenvalue weighted by Gasteiger charge is -2.06. The lowest BCUT2D eigenvalue weighted by molar-refractivity contribution is 0.475. The summed E-state index contributed by atoms with van der Waals surface area (Å²) in [5.74, 6) is 1.48. The minimum Gasteiger partial charge on any atom is -0.455 e. The van der Waals surface area contributed by atoms with Crippen molar-refractivity contribution in [2.24, 2.45) is 0 Å². The molecule has 1 aromatic heterocycles. The van der Waals surface area contributed by atoms with E-state index < -0.39 is 0 Å². The summed E-state index contributed by atoms with van der Waals surface area (Å²) in [5.41, 5.74) is 1.07. The zero-order valence-corrected chi connectivity index (χ0v) is 7.90. The molecule has 0 aliphatic carbocycles. The van der Waals surface area contributed by atoms with Crippen molar-refractivity contribution in [3.05, 3.63) is 54.4 Å². The van der Waals surface area contributed by atoms with Crippen LogP contribution in [-0.2, 0) is 0 Å². The van der Waals surface area contributed by atoms with E-state index >= 15 is 0 Å². The third kappa shape index (κ3) is 1.91. The van der Waals surface area contributed by atoms with Gasteiger partial charge in [-0.15, -0.1) is 0 Å². The normalized spacial score (nSPS) is 9.79. The molecular weight excluding hydrogens is 174 g/mol. The van der Waals surface area contributed by atoms with E-state index in [2.05, 4.69) is 11.1 Å². The molecule has 0 saturated heterocycles. The van der Waals surface area contributed by atoms with Crippen molar-refractivity contribution < 1.29 is 4.74 Å². The largest absolute Gasteiger partial charge is 0.455 e. The second-order valence-corrected chi connectivity index (χ2v) is 2.97. The molecule has 0 spiro atoms. The second-order valence-electron chi connectivity index (χ2n) is 2.97. The second kappa shape index (κ2) is 3.92. The molecule has 1 aromatic carbocycles. The van der Waals surface area contributed by atoms with Crippen molar-refractivity contribution >= 4 is 0 Å². The van der Waals surface area contributed by atoms with Gasteiger partial charge in [0.05, 0.1) is 6.20 Å². The number of aryl methyl sites for hydroxylation is 1. The summed E-state index contributed by atoms with van der Waals surface area (Å²) in [6.45, 7) is 1.99. The van der Waals surface area contributed by atoms with E-state index in [4.69, 9.17) is 4.74 Å². The van der Waals surface area contributed by atoms with Crippen LogP contribution in [0.25, 0.3) is 0 Å². The van der Waals surface area contributed by atoms with E-state index in [9.17, 15) is 0 Å². The van der Waals surface area contributed by atoms with E-state index in [0.717, 1.165) is 17.1 Å². The summed E-state index contributed by atoms with van der Waals surface area (Å²) in [6.07, 6.45) is 3.40. The quantitative estimate of drug-likeness (QED) is 0.715. The summed E-state index contributed by atoms with van der Waals surface area (Å²) >= 11 is 0. The zero-order valence-electron chi connectivity index (χ0n) is 7.90. The molecule has 0 aliphatic rings. The fourth-order valence-electron chi connectivity index (χ4n) is 1.14. The van der Waals surface area contributed by atoms with Gasteiger partial charge >= 0.3 is 0 Å². The van der Waals surface area contributed by atoms with Crippen LogP contribution in [0.4, 0.5) is 0 Å². The van der Waals surface area contributed by atoms with Gasteiger partial charge in [0.25, 0.3) is 0 Å². The summed E-state index contributed by atoms with van der Waals surface area (Å²) in [5, 5.41) is 0. The molecule has 1 radical (unpaired) electrons. The topological polar surface area (TPSA) is 22.1 Å². The van der Waals surface area contributed by atoms with Gasteiger partial charge < -0.3 is 4.74 Å². The van der Waals surface area contributed by atoms with Crippen molar-refractivity contribution in [1.29, 1.82) is 0 Å². The SMILES string of the molecule is Cc1ccc[c]c1Oc1cccnc1. The van der Waals surface area contributed by atoms with Crippen LogP contribution >= 0.6 is 0 Å². The Hall–Kier alpha value is -1.83. The first-order valence-electron chi connectivity index (χ1n) is 4.41. The first-order valence-corrected chi connectivity index (χ1v) is 4.41. The molecule has 0 aliphatic heterocycles. The maximum Gasteiger partial charge on any atom is 0.145 e. The summed E-state index contributed by atoms with van der Waals surface area (Å²) in [7, 11) is 0. The average Bonchev–Trinajstić information content (AvgIpc) is 2.23. The van der Waals surface area contributed by atoms with Gasteiger partial charge in [-0.2, -0.15) is 0 Å². The summed E-state index contributed by atoms with van der Waals surface area (Å²) < 4.78 is 5.59. The van der Waals surface area contributed by atoms with Gasteiger partial charge in [0.15, 0.2) is 0 Å². The molecule has 0 unspecified atom stereocenters. The van der Waals surface area contributed by atoms with Crippen LogP contribution in [0.3, 0.4) is 0 Å². The molecule has 1 heterocycles. The van der Waals surface area contributed by atoms with Crippen molar-refractivity contribution in [3.63, 3.8) is 0 Å². The maximum absolute atomic E-state index is 5.59. The predicted octanol–water partition coefficient (Wildman–Crippen LogP) is 2.98. The number of nitrogens with zero attached hydrogens (tertiary/aromatic N) is 1. The molecule has 0 amide bonds. The molecule has 2 nitrogen and oxygen atoms in total. The highest BCUT2D eigenvalue weighted by molar-refractivity contribution is 5.34. The fourth-order valence-corrected chi connectivity index (χ4v) is 1.14. The Bertz CT molecular complexity index is 412. The van der Waals surface area contributed by atoms with Crippen LogP contribution in [-0.4, -0.2) is 4.98 Å². The lowest BCUT2D eigenvalue weighted by Crippen LogP contribution is -1.87. The molecule has 2 aromatic rings. The Labute approximate surface area is 83.2 Å². The van der Waals surface area contributed by atoms with E-state index in [1.807, 2.05) is 37.3 Å². The molecule has 0 bridgehead atoms. The smallest absolute Gasteiger partial charge is 0.145 e. The molecule has 0 saturated carbocycles. The number of hydrogen-bond acceptors (Lipinski definition) is 2. The Morgan fingerprint density at radius 2 is 2.21 bits per heavy atom. The van der Waals surface area contributed by atoms with Crippen molar-refractivity contribution in [2.75, 3.05) is 0 Å². The number of ether oxygens (including phenoxy) is 1. The monoisotopic (exact) mass is 184 g/mol. The fraction of sp³-hybridized carbons (Fsp3) is 0.0833. The number of aromatic nitrogens is 1. The number of rotatable bonds is 2. The van der Waals surface area contributed by atoms with Gasteiger partial charge in [-0.05, 0) is 24.6 Å². The Morgan fingerprint density at radius 3 is 2.93 bits per heavy atom. The molecule has 2 heteroatoms. The van der Waals surface area contributed by atoms with Gasteiger partial charge in [-0.3, -0.25) is 4.98 Å². The van der Waals surface area contributed by atoms with Crippen LogP contribution in [0, 0.1) is 13.0 Å². The van der Waals surface area contributed by atoms with E-state index in [1.165, 1.54) is 0 Å². The highest BCUT2D eigenvalue weighted by atomic mass is 16.5. The van der Waals surface area contributed by atoms with Gasteiger partial charge in [-0.25, -0.2) is 0 Å². The third-order valence-electron chi connectivity index (χ3n) is 1.87. The Morgan fingerprint density at radius 1 is 1.29 bits per heavy atom. The van der Waals surface area contributed by atoms with Crippen molar-refractivity contribution in [2.45, 2.75) is 6.92 Å². The van der Waals surface area contributed by atoms with Gasteiger partial charge in [0, 0.05) is 12.3 Å². The Kier molecular flexibility index (Phi) is 2.45. The van der Waals surface area contributed by atoms with Gasteiger partial charge in [0.2, 0.25) is 0 Å². The predicted molar refractivity (Wildman–Crippen MR) is 54.3 cm³/mol. The zero-order chi connectivity index (χ0) is 9.80. The first-order chi connectivity index (χ1) is 6.86. The maximum atomic E-state index is 5.59. The summed E-state index contributed by atoms with van der Waals surface area (Å²) in [4.78, 5) is 3.97. The molecule has 0 atom stereocenters. The van der Waals surface area contributed by atoms with E-state index in [0.29, 0.717) is 0 Å². The number of hydrogen-bond donors (Lipinski definition) is 0. The van der Waals surface area contributed by atoms with Crippen LogP contribution < -0.4 is 4.74 Å². The van der Waals surface area contributed by atoms with Gasteiger partial charge in [0.1, 0.15) is 11.5 Å². The molecule has 69 valence electrons. The highest BCUT2D eigenvalue weighted by Crippen LogP contribution is 2.22. The van der Waals surface area contributed by atoms with Crippen molar-refractivity contribution in [1.82, 2.24) is 4.98 Å². The van der Waals surface area contributed by atoms with E-state index in [1.54, 1.807) is 12.4 Å². The van der Waals surface area contributed by atoms with Gasteiger partial charge in [-0.1, -0.05) is 18.2 Å². The minimum absolute atomic E-state index is 0.734. The highest BCUT2D eigenvalue weighted by Gasteiger charge is 1.99. The molecule has 0 N–H and O–H groups in total. The first kappa shape index (κ1) is 8.75. The van der Waals surface area contributed by atoms with Crippen molar-refractivity contribution in [3.8, 4) is 11.5 Å². The molecule has 2 rings (SSSR count). The van der Waals surface area contributed by atoms with Crippen LogP contribution in [0.2, 0.25) is 0 Å². The van der Waals surface area contributed by atoms with E-state index in [-0.39, 0.29) is 0 Å². The number of benzene rings is 1. The van der Waals surface area contributed by atoms with Crippen LogP contribution in [0.15, 0.2) is 42.7 Å². The third-order valence-corrected chi connectivity index (χ3v) is 1.87. The van der Waals surface area contributed by atoms with Crippen LogP contribution in [0.1, 0.15) is 5.56 Å². The Balaban J connectivity index is 2.24. The lowest BCUT2D eigenvalue weighted by atomic mass is 10.2. The number of para-hydroxylation sites is 1. The molecule has 0 fully saturated rings. The molecular formula is C12H10NO. The summed E-state index contributed by atoms with van der Waals surface area (Å²) in [6, 6.07) is 12.5. The van der Waals surface area contributed by atoms with Crippen LogP contribution in [0.5, 0.6) is 11.5 Å².